The van der Waals surface area contributed by atoms with Gasteiger partial charge in [0.15, 0.2) is 11.5 Å². The average Bonchev–Trinajstić information content (AvgIpc) is 3.09. The molecule has 7 nitrogen and oxygen atoms in total. The van der Waals surface area contributed by atoms with Gasteiger partial charge in [-0.3, -0.25) is 19.3 Å². The molecule has 0 atom stereocenters. The monoisotopic (exact) mass is 410 g/mol. The molecule has 7 heteroatoms. The number of anilines is 2. The summed E-state index contributed by atoms with van der Waals surface area (Å²) in [5, 5.41) is 2.84. The Kier molecular flexibility index (Phi) is 7.06. The van der Waals surface area contributed by atoms with Gasteiger partial charge in [0.05, 0.1) is 18.9 Å². The molecule has 1 heterocycles. The highest BCUT2D eigenvalue weighted by molar-refractivity contribution is 6.20. The Balaban J connectivity index is 1.77. The van der Waals surface area contributed by atoms with Crippen LogP contribution in [0.2, 0.25) is 0 Å². The molecule has 2 aromatic rings. The number of hydrogen-bond acceptors (Lipinski definition) is 5. The second-order valence-electron chi connectivity index (χ2n) is 6.99. The molecule has 1 fully saturated rings. The normalized spacial score (nSPS) is 13.5. The second kappa shape index (κ2) is 9.91. The van der Waals surface area contributed by atoms with Crippen LogP contribution >= 0.6 is 0 Å². The van der Waals surface area contributed by atoms with E-state index in [9.17, 15) is 14.4 Å². The van der Waals surface area contributed by atoms with Crippen molar-refractivity contribution in [2.24, 2.45) is 0 Å². The SMILES string of the molecule is CCCOc1ccc(NC(=O)c2cccc(N3C(=O)CCC3=O)c2)cc1OCCC. The summed E-state index contributed by atoms with van der Waals surface area (Å²) in [5.41, 5.74) is 1.32. The summed E-state index contributed by atoms with van der Waals surface area (Å²) < 4.78 is 11.5. The Bertz CT molecular complexity index is 925. The number of ether oxygens (including phenoxy) is 2. The van der Waals surface area contributed by atoms with Crippen LogP contribution in [0.15, 0.2) is 42.5 Å². The van der Waals surface area contributed by atoms with Gasteiger partial charge in [-0.1, -0.05) is 19.9 Å². The van der Waals surface area contributed by atoms with E-state index in [0.717, 1.165) is 17.7 Å². The molecule has 0 saturated carbocycles. The molecule has 0 unspecified atom stereocenters. The van der Waals surface area contributed by atoms with Gasteiger partial charge < -0.3 is 14.8 Å². The zero-order valence-electron chi connectivity index (χ0n) is 17.3. The van der Waals surface area contributed by atoms with Crippen molar-refractivity contribution in [2.75, 3.05) is 23.4 Å². The van der Waals surface area contributed by atoms with Crippen molar-refractivity contribution in [1.82, 2.24) is 0 Å². The maximum atomic E-state index is 12.8. The number of nitrogens with zero attached hydrogens (tertiary/aromatic N) is 1. The number of imide groups is 1. The first-order valence-electron chi connectivity index (χ1n) is 10.2. The Morgan fingerprint density at radius 1 is 0.933 bits per heavy atom. The second-order valence-corrected chi connectivity index (χ2v) is 6.99. The summed E-state index contributed by atoms with van der Waals surface area (Å²) in [4.78, 5) is 37.8. The lowest BCUT2D eigenvalue weighted by atomic mass is 10.1. The van der Waals surface area contributed by atoms with E-state index in [2.05, 4.69) is 5.32 Å². The molecule has 0 aliphatic carbocycles. The molecule has 158 valence electrons. The zero-order chi connectivity index (χ0) is 21.5. The smallest absolute Gasteiger partial charge is 0.255 e. The van der Waals surface area contributed by atoms with Crippen LogP contribution in [0, 0.1) is 0 Å². The number of carbonyl (C=O) groups is 3. The molecular weight excluding hydrogens is 384 g/mol. The van der Waals surface area contributed by atoms with Crippen LogP contribution in [0.25, 0.3) is 0 Å². The summed E-state index contributed by atoms with van der Waals surface area (Å²) in [6.07, 6.45) is 2.12. The first-order chi connectivity index (χ1) is 14.5. The number of benzene rings is 2. The molecule has 1 aliphatic heterocycles. The van der Waals surface area contributed by atoms with Crippen LogP contribution in [0.4, 0.5) is 11.4 Å². The highest BCUT2D eigenvalue weighted by Gasteiger charge is 2.30. The van der Waals surface area contributed by atoms with Crippen molar-refractivity contribution in [2.45, 2.75) is 39.5 Å². The lowest BCUT2D eigenvalue weighted by Crippen LogP contribution is -2.28. The number of carbonyl (C=O) groups excluding carboxylic acids is 3. The van der Waals surface area contributed by atoms with Crippen molar-refractivity contribution in [3.63, 3.8) is 0 Å². The molecule has 3 amide bonds. The molecule has 0 radical (unpaired) electrons. The first kappa shape index (κ1) is 21.4. The van der Waals surface area contributed by atoms with E-state index in [4.69, 9.17) is 9.47 Å². The van der Waals surface area contributed by atoms with Crippen LogP contribution in [0.5, 0.6) is 11.5 Å². The fraction of sp³-hybridized carbons (Fsp3) is 0.348. The van der Waals surface area contributed by atoms with E-state index in [0.29, 0.717) is 41.7 Å². The van der Waals surface area contributed by atoms with Crippen molar-refractivity contribution in [3.8, 4) is 11.5 Å². The van der Waals surface area contributed by atoms with E-state index in [-0.39, 0.29) is 30.6 Å². The summed E-state index contributed by atoms with van der Waals surface area (Å²) in [7, 11) is 0. The van der Waals surface area contributed by atoms with Gasteiger partial charge in [-0.15, -0.1) is 0 Å². The lowest BCUT2D eigenvalue weighted by molar-refractivity contribution is -0.121. The van der Waals surface area contributed by atoms with E-state index in [1.54, 1.807) is 42.5 Å². The minimum Gasteiger partial charge on any atom is -0.490 e. The van der Waals surface area contributed by atoms with Crippen molar-refractivity contribution in [3.05, 3.63) is 48.0 Å². The number of nitrogens with one attached hydrogen (secondary N) is 1. The van der Waals surface area contributed by atoms with Gasteiger partial charge in [0.2, 0.25) is 11.8 Å². The molecule has 3 rings (SSSR count). The Hall–Kier alpha value is -3.35. The van der Waals surface area contributed by atoms with Gasteiger partial charge in [0.25, 0.3) is 5.91 Å². The molecule has 30 heavy (non-hydrogen) atoms. The van der Waals surface area contributed by atoms with Crippen LogP contribution in [-0.2, 0) is 9.59 Å². The fourth-order valence-corrected chi connectivity index (χ4v) is 3.10. The van der Waals surface area contributed by atoms with E-state index < -0.39 is 0 Å². The number of rotatable bonds is 9. The molecule has 1 saturated heterocycles. The molecular formula is C23H26N2O5. The van der Waals surface area contributed by atoms with Gasteiger partial charge in [-0.25, -0.2) is 0 Å². The summed E-state index contributed by atoms with van der Waals surface area (Å²) in [6, 6.07) is 11.7. The molecule has 1 aliphatic rings. The highest BCUT2D eigenvalue weighted by Crippen LogP contribution is 2.31. The predicted molar refractivity (Wildman–Crippen MR) is 114 cm³/mol. The summed E-state index contributed by atoms with van der Waals surface area (Å²) >= 11 is 0. The highest BCUT2D eigenvalue weighted by atomic mass is 16.5. The first-order valence-corrected chi connectivity index (χ1v) is 10.2. The molecule has 0 aromatic heterocycles. The third-order valence-electron chi connectivity index (χ3n) is 4.54. The van der Waals surface area contributed by atoms with Crippen molar-refractivity contribution in [1.29, 1.82) is 0 Å². The summed E-state index contributed by atoms with van der Waals surface area (Å²) in [6.45, 7) is 5.16. The van der Waals surface area contributed by atoms with E-state index >= 15 is 0 Å². The van der Waals surface area contributed by atoms with E-state index in [1.165, 1.54) is 0 Å². The standard InChI is InChI=1S/C23H26N2O5/c1-3-12-29-19-9-8-17(15-20(19)30-13-4-2)24-23(28)16-6-5-7-18(14-16)25-21(26)10-11-22(25)27/h5-9,14-15H,3-4,10-13H2,1-2H3,(H,24,28). The molecule has 2 aromatic carbocycles. The minimum absolute atomic E-state index is 0.197. The Morgan fingerprint density at radius 2 is 1.60 bits per heavy atom. The lowest BCUT2D eigenvalue weighted by Gasteiger charge is -2.16. The number of amides is 3. The van der Waals surface area contributed by atoms with E-state index in [1.807, 2.05) is 13.8 Å². The predicted octanol–water partition coefficient (Wildman–Crippen LogP) is 4.17. The van der Waals surface area contributed by atoms with Crippen LogP contribution in [0.1, 0.15) is 49.9 Å². The quantitative estimate of drug-likeness (QED) is 0.627. The average molecular weight is 410 g/mol. The van der Waals surface area contributed by atoms with Crippen LogP contribution < -0.4 is 19.7 Å². The zero-order valence-corrected chi connectivity index (χ0v) is 17.3. The van der Waals surface area contributed by atoms with Crippen LogP contribution in [-0.4, -0.2) is 30.9 Å². The fourth-order valence-electron chi connectivity index (χ4n) is 3.10. The summed E-state index contributed by atoms with van der Waals surface area (Å²) in [5.74, 6) is 0.358. The maximum Gasteiger partial charge on any atom is 0.255 e. The third-order valence-corrected chi connectivity index (χ3v) is 4.54. The third kappa shape index (κ3) is 4.97. The van der Waals surface area contributed by atoms with Crippen molar-refractivity contribution >= 4 is 29.1 Å². The Labute approximate surface area is 176 Å². The molecule has 0 bridgehead atoms. The number of hydrogen-bond donors (Lipinski definition) is 1. The largest absolute Gasteiger partial charge is 0.490 e. The van der Waals surface area contributed by atoms with Gasteiger partial charge in [-0.05, 0) is 43.2 Å². The maximum absolute atomic E-state index is 12.8. The minimum atomic E-state index is -0.348. The Morgan fingerprint density at radius 3 is 2.27 bits per heavy atom. The van der Waals surface area contributed by atoms with Gasteiger partial charge >= 0.3 is 0 Å². The van der Waals surface area contributed by atoms with Gasteiger partial charge in [-0.2, -0.15) is 0 Å². The van der Waals surface area contributed by atoms with Crippen LogP contribution in [0.3, 0.4) is 0 Å². The molecule has 0 spiro atoms. The molecule has 1 N–H and O–H groups in total. The van der Waals surface area contributed by atoms with Gasteiger partial charge in [0, 0.05) is 30.2 Å². The topological polar surface area (TPSA) is 84.9 Å². The van der Waals surface area contributed by atoms with Gasteiger partial charge in [0.1, 0.15) is 0 Å². The van der Waals surface area contributed by atoms with Crippen molar-refractivity contribution < 1.29 is 23.9 Å².